The molecule has 0 aliphatic carbocycles. The van der Waals surface area contributed by atoms with Crippen LogP contribution >= 0.6 is 11.6 Å². The van der Waals surface area contributed by atoms with Crippen LogP contribution in [0.1, 0.15) is 31.5 Å². The molecule has 34 heavy (non-hydrogen) atoms. The molecule has 0 saturated carbocycles. The molecule has 1 amide bonds. The minimum absolute atomic E-state index is 0.0973. The second-order valence-corrected chi connectivity index (χ2v) is 8.17. The summed E-state index contributed by atoms with van der Waals surface area (Å²) in [5.41, 5.74) is 1.02. The summed E-state index contributed by atoms with van der Waals surface area (Å²) in [7, 11) is 1.60. The van der Waals surface area contributed by atoms with Gasteiger partial charge >= 0.3 is 0 Å². The number of aromatic nitrogens is 4. The first-order chi connectivity index (χ1) is 16.5. The lowest BCUT2D eigenvalue weighted by Crippen LogP contribution is -2.33. The summed E-state index contributed by atoms with van der Waals surface area (Å²) < 4.78 is 10.5. The lowest BCUT2D eigenvalue weighted by Gasteiger charge is -2.21. The molecule has 1 N–H and O–H groups in total. The zero-order valence-electron chi connectivity index (χ0n) is 18.9. The normalized spacial score (nSPS) is 11.0. The number of methoxy groups -OCH3 is 1. The summed E-state index contributed by atoms with van der Waals surface area (Å²) in [5.74, 6) is 1.87. The highest BCUT2D eigenvalue weighted by molar-refractivity contribution is 6.31. The first-order valence-electron chi connectivity index (χ1n) is 10.9. The lowest BCUT2D eigenvalue weighted by atomic mass is 10.2. The number of nitrogens with zero attached hydrogens (tertiary/aromatic N) is 4. The Morgan fingerprint density at radius 1 is 1.18 bits per heavy atom. The van der Waals surface area contributed by atoms with Crippen molar-refractivity contribution in [3.05, 3.63) is 69.6 Å². The van der Waals surface area contributed by atoms with E-state index in [1.165, 1.54) is 0 Å². The van der Waals surface area contributed by atoms with Gasteiger partial charge in [-0.2, -0.15) is 4.98 Å². The Morgan fingerprint density at radius 3 is 2.71 bits per heavy atom. The number of amides is 1. The molecule has 10 heteroatoms. The molecule has 2 heterocycles. The summed E-state index contributed by atoms with van der Waals surface area (Å²) in [5, 5.41) is 4.94. The van der Waals surface area contributed by atoms with E-state index in [-0.39, 0.29) is 24.4 Å². The highest BCUT2D eigenvalue weighted by atomic mass is 35.5. The molecule has 0 fully saturated rings. The number of aromatic amines is 1. The van der Waals surface area contributed by atoms with Crippen molar-refractivity contribution in [2.24, 2.45) is 0 Å². The van der Waals surface area contributed by atoms with Crippen LogP contribution in [0, 0.1) is 0 Å². The van der Waals surface area contributed by atoms with Crippen molar-refractivity contribution in [3.63, 3.8) is 0 Å². The molecule has 0 aliphatic rings. The van der Waals surface area contributed by atoms with E-state index in [0.717, 1.165) is 17.7 Å². The van der Waals surface area contributed by atoms with Crippen LogP contribution in [0.2, 0.25) is 5.02 Å². The Hall–Kier alpha value is -3.72. The molecule has 0 unspecified atom stereocenters. The lowest BCUT2D eigenvalue weighted by molar-refractivity contribution is -0.132. The Bertz CT molecular complexity index is 1350. The fourth-order valence-corrected chi connectivity index (χ4v) is 3.73. The van der Waals surface area contributed by atoms with E-state index < -0.39 is 0 Å². The summed E-state index contributed by atoms with van der Waals surface area (Å²) in [6.07, 6.45) is 1.25. The van der Waals surface area contributed by atoms with Gasteiger partial charge in [0.25, 0.3) is 5.56 Å². The third kappa shape index (κ3) is 5.43. The Balaban J connectivity index is 1.43. The van der Waals surface area contributed by atoms with E-state index in [9.17, 15) is 9.59 Å². The van der Waals surface area contributed by atoms with Gasteiger partial charge in [0.2, 0.25) is 17.6 Å². The van der Waals surface area contributed by atoms with Gasteiger partial charge in [0.15, 0.2) is 0 Å². The maximum absolute atomic E-state index is 12.9. The van der Waals surface area contributed by atoms with Crippen LogP contribution < -0.4 is 10.3 Å². The van der Waals surface area contributed by atoms with Crippen molar-refractivity contribution in [1.29, 1.82) is 0 Å². The Labute approximate surface area is 200 Å². The molecule has 0 spiro atoms. The van der Waals surface area contributed by atoms with Gasteiger partial charge in [0.1, 0.15) is 11.6 Å². The van der Waals surface area contributed by atoms with Crippen LogP contribution in [0.4, 0.5) is 0 Å². The maximum Gasteiger partial charge on any atom is 0.258 e. The van der Waals surface area contributed by atoms with E-state index in [0.29, 0.717) is 46.4 Å². The molecule has 4 aromatic rings. The molecular weight excluding hydrogens is 458 g/mol. The molecule has 4 rings (SSSR count). The van der Waals surface area contributed by atoms with Gasteiger partial charge in [0.05, 0.1) is 24.6 Å². The van der Waals surface area contributed by atoms with Gasteiger partial charge in [-0.25, -0.2) is 4.98 Å². The summed E-state index contributed by atoms with van der Waals surface area (Å²) in [6, 6.07) is 12.2. The Kier molecular flexibility index (Phi) is 7.22. The summed E-state index contributed by atoms with van der Waals surface area (Å²) in [6.45, 7) is 2.69. The van der Waals surface area contributed by atoms with Crippen LogP contribution in [0.15, 0.2) is 51.8 Å². The van der Waals surface area contributed by atoms with Crippen LogP contribution in [0.5, 0.6) is 5.75 Å². The highest BCUT2D eigenvalue weighted by Crippen LogP contribution is 2.20. The third-order valence-corrected chi connectivity index (χ3v) is 5.51. The quantitative estimate of drug-likeness (QED) is 0.384. The van der Waals surface area contributed by atoms with E-state index in [1.54, 1.807) is 30.2 Å². The van der Waals surface area contributed by atoms with Crippen molar-refractivity contribution in [1.82, 2.24) is 25.0 Å². The molecule has 2 aromatic heterocycles. The molecular formula is C24H24ClN5O4. The van der Waals surface area contributed by atoms with Gasteiger partial charge in [-0.15, -0.1) is 0 Å². The molecule has 9 nitrogen and oxygen atoms in total. The van der Waals surface area contributed by atoms with Crippen LogP contribution in [0.25, 0.3) is 22.3 Å². The second-order valence-electron chi connectivity index (χ2n) is 7.73. The highest BCUT2D eigenvalue weighted by Gasteiger charge is 2.17. The van der Waals surface area contributed by atoms with Crippen molar-refractivity contribution >= 4 is 28.4 Å². The van der Waals surface area contributed by atoms with Crippen LogP contribution in [0.3, 0.4) is 0 Å². The molecule has 176 valence electrons. The molecule has 0 saturated heterocycles. The minimum Gasteiger partial charge on any atom is -0.497 e. The van der Waals surface area contributed by atoms with E-state index in [1.807, 2.05) is 31.2 Å². The monoisotopic (exact) mass is 481 g/mol. The molecule has 0 bridgehead atoms. The minimum atomic E-state index is -0.266. The number of H-pyrrole nitrogens is 1. The van der Waals surface area contributed by atoms with Gasteiger partial charge in [0, 0.05) is 30.0 Å². The summed E-state index contributed by atoms with van der Waals surface area (Å²) in [4.78, 5) is 38.7. The maximum atomic E-state index is 12.9. The number of nitrogens with one attached hydrogen (secondary N) is 1. The van der Waals surface area contributed by atoms with Gasteiger partial charge < -0.3 is 19.1 Å². The number of rotatable bonds is 9. The zero-order chi connectivity index (χ0) is 24.1. The van der Waals surface area contributed by atoms with Gasteiger partial charge in [-0.1, -0.05) is 23.7 Å². The number of benzene rings is 2. The topological polar surface area (TPSA) is 114 Å². The SMILES string of the molecule is CCCN(Cc1nc2cc(Cl)ccc2c(=O)[nH]1)C(=O)CCc1nc(-c2ccc(OC)cc2)no1. The molecule has 0 aliphatic heterocycles. The predicted molar refractivity (Wildman–Crippen MR) is 128 cm³/mol. The standard InChI is InChI=1S/C24H24ClN5O4/c1-3-12-30(14-20-26-19-13-16(25)6-9-18(19)24(32)27-20)22(31)11-10-21-28-23(29-34-21)15-4-7-17(33-2)8-5-15/h4-9,13H,3,10-12,14H2,1-2H3,(H,26,27,32). The smallest absolute Gasteiger partial charge is 0.258 e. The van der Waals surface area contributed by atoms with E-state index in [4.69, 9.17) is 20.9 Å². The average molecular weight is 482 g/mol. The Morgan fingerprint density at radius 2 is 1.97 bits per heavy atom. The number of aryl methyl sites for hydroxylation is 1. The fraction of sp³-hybridized carbons (Fsp3) is 0.292. The first kappa shape index (κ1) is 23.4. The number of fused-ring (bicyclic) bond motifs is 1. The number of carbonyl (C=O) groups excluding carboxylic acids is 1. The van der Waals surface area contributed by atoms with Crippen molar-refractivity contribution in [2.45, 2.75) is 32.7 Å². The van der Waals surface area contributed by atoms with Crippen molar-refractivity contribution in [3.8, 4) is 17.1 Å². The summed E-state index contributed by atoms with van der Waals surface area (Å²) >= 11 is 6.04. The molecule has 0 atom stereocenters. The largest absolute Gasteiger partial charge is 0.497 e. The number of ether oxygens (including phenoxy) is 1. The average Bonchev–Trinajstić information content (AvgIpc) is 3.31. The fourth-order valence-electron chi connectivity index (χ4n) is 3.56. The van der Waals surface area contributed by atoms with E-state index >= 15 is 0 Å². The van der Waals surface area contributed by atoms with Crippen molar-refractivity contribution < 1.29 is 14.1 Å². The third-order valence-electron chi connectivity index (χ3n) is 5.27. The molecule has 0 radical (unpaired) electrons. The van der Waals surface area contributed by atoms with Gasteiger partial charge in [-0.05, 0) is 48.9 Å². The van der Waals surface area contributed by atoms with Crippen LogP contribution in [-0.2, 0) is 17.8 Å². The second kappa shape index (κ2) is 10.5. The first-order valence-corrected chi connectivity index (χ1v) is 11.3. The number of carbonyl (C=O) groups is 1. The number of hydrogen-bond donors (Lipinski definition) is 1. The molecule has 2 aromatic carbocycles. The van der Waals surface area contributed by atoms with E-state index in [2.05, 4.69) is 20.1 Å². The van der Waals surface area contributed by atoms with Crippen molar-refractivity contribution in [2.75, 3.05) is 13.7 Å². The van der Waals surface area contributed by atoms with Crippen LogP contribution in [-0.4, -0.2) is 44.6 Å². The van der Waals surface area contributed by atoms with Gasteiger partial charge in [-0.3, -0.25) is 9.59 Å². The number of halogens is 1. The number of hydrogen-bond acceptors (Lipinski definition) is 7. The predicted octanol–water partition coefficient (Wildman–Crippen LogP) is 4.01. The zero-order valence-corrected chi connectivity index (χ0v) is 19.6.